The summed E-state index contributed by atoms with van der Waals surface area (Å²) in [6.07, 6.45) is 2.72. The van der Waals surface area contributed by atoms with Crippen LogP contribution in [0.25, 0.3) is 10.9 Å². The lowest BCUT2D eigenvalue weighted by Crippen LogP contribution is -2.47. The van der Waals surface area contributed by atoms with Crippen LogP contribution in [0.5, 0.6) is 0 Å². The average Bonchev–Trinajstić information content (AvgIpc) is 2.51. The number of nitrogens with one attached hydrogen (secondary N) is 1. The molecule has 2 rings (SSSR count). The van der Waals surface area contributed by atoms with Crippen molar-refractivity contribution in [3.05, 3.63) is 35.9 Å². The summed E-state index contributed by atoms with van der Waals surface area (Å²) in [5.74, 6) is 0.291. The number of pyridine rings is 1. The number of nitrogens with zero attached hydrogens (tertiary/aromatic N) is 1. The third-order valence-electron chi connectivity index (χ3n) is 4.39. The van der Waals surface area contributed by atoms with E-state index in [9.17, 15) is 4.79 Å². The first-order chi connectivity index (χ1) is 10.0. The number of carbonyl (C=O) groups excluding carboxylic acids is 1. The minimum atomic E-state index is -0.157. The summed E-state index contributed by atoms with van der Waals surface area (Å²) >= 11 is 0. The van der Waals surface area contributed by atoms with Crippen LogP contribution in [-0.2, 0) is 0 Å². The van der Waals surface area contributed by atoms with Crippen LogP contribution in [0.15, 0.2) is 30.3 Å². The second kappa shape index (κ2) is 6.12. The van der Waals surface area contributed by atoms with Crippen LogP contribution in [0, 0.1) is 0 Å². The number of hydrogen-bond acceptors (Lipinski definition) is 3. The zero-order chi connectivity index (χ0) is 15.5. The van der Waals surface area contributed by atoms with Crippen molar-refractivity contribution in [2.75, 3.05) is 5.73 Å². The van der Waals surface area contributed by atoms with E-state index in [-0.39, 0.29) is 11.4 Å². The number of anilines is 1. The fraction of sp³-hybridized carbons (Fsp3) is 0.412. The van der Waals surface area contributed by atoms with E-state index >= 15 is 0 Å². The monoisotopic (exact) mass is 285 g/mol. The second-order valence-corrected chi connectivity index (χ2v) is 5.41. The topological polar surface area (TPSA) is 68.0 Å². The molecule has 0 aliphatic rings. The lowest BCUT2D eigenvalue weighted by atomic mass is 9.89. The molecule has 0 radical (unpaired) electrons. The van der Waals surface area contributed by atoms with Gasteiger partial charge in [-0.2, -0.15) is 0 Å². The fourth-order valence-electron chi connectivity index (χ4n) is 2.71. The highest BCUT2D eigenvalue weighted by Gasteiger charge is 2.27. The summed E-state index contributed by atoms with van der Waals surface area (Å²) in [6, 6.07) is 9.23. The van der Waals surface area contributed by atoms with E-state index in [0.29, 0.717) is 11.4 Å². The molecule has 0 aliphatic heterocycles. The molecule has 0 fully saturated rings. The van der Waals surface area contributed by atoms with Crippen LogP contribution in [0.2, 0.25) is 0 Å². The van der Waals surface area contributed by atoms with Crippen molar-refractivity contribution < 1.29 is 4.79 Å². The molecule has 3 N–H and O–H groups in total. The molecule has 112 valence electrons. The van der Waals surface area contributed by atoms with Gasteiger partial charge in [-0.15, -0.1) is 0 Å². The van der Waals surface area contributed by atoms with E-state index in [1.54, 1.807) is 6.07 Å². The van der Waals surface area contributed by atoms with Gasteiger partial charge >= 0.3 is 0 Å². The number of nitrogens with two attached hydrogens (primary N) is 1. The number of amides is 1. The number of carbonyl (C=O) groups is 1. The number of rotatable bonds is 5. The highest BCUT2D eigenvalue weighted by molar-refractivity contribution is 6.07. The molecule has 0 aliphatic carbocycles. The first-order valence-electron chi connectivity index (χ1n) is 7.53. The predicted octanol–water partition coefficient (Wildman–Crippen LogP) is 3.52. The summed E-state index contributed by atoms with van der Waals surface area (Å²) in [7, 11) is 0. The van der Waals surface area contributed by atoms with Crippen molar-refractivity contribution in [2.45, 2.75) is 45.6 Å². The minimum Gasteiger partial charge on any atom is -0.384 e. The lowest BCUT2D eigenvalue weighted by Gasteiger charge is -2.32. The third-order valence-corrected chi connectivity index (χ3v) is 4.39. The van der Waals surface area contributed by atoms with Crippen LogP contribution < -0.4 is 11.1 Å². The largest absolute Gasteiger partial charge is 0.384 e. The molecule has 0 saturated carbocycles. The Morgan fingerprint density at radius 2 is 1.81 bits per heavy atom. The molecular weight excluding hydrogens is 262 g/mol. The number of para-hydroxylation sites is 1. The van der Waals surface area contributed by atoms with E-state index in [2.05, 4.69) is 31.1 Å². The van der Waals surface area contributed by atoms with Gasteiger partial charge in [0.15, 0.2) is 0 Å². The Balaban J connectivity index is 2.44. The first kappa shape index (κ1) is 15.3. The standard InChI is InChI=1S/C17H23N3O/c1-4-17(5-2,6-3)20-16(21)13-11-15(18)19-14-10-8-7-9-12(13)14/h7-11H,4-6H2,1-3H3,(H2,18,19)(H,20,21). The molecule has 21 heavy (non-hydrogen) atoms. The molecule has 0 saturated heterocycles. The van der Waals surface area contributed by atoms with E-state index in [1.807, 2.05) is 24.3 Å². The number of hydrogen-bond donors (Lipinski definition) is 2. The molecule has 4 heteroatoms. The Hall–Kier alpha value is -2.10. The second-order valence-electron chi connectivity index (χ2n) is 5.41. The highest BCUT2D eigenvalue weighted by atomic mass is 16.1. The normalized spacial score (nSPS) is 11.6. The Labute approximate surface area is 125 Å². The highest BCUT2D eigenvalue weighted by Crippen LogP contribution is 2.23. The number of benzene rings is 1. The van der Waals surface area contributed by atoms with E-state index < -0.39 is 0 Å². The lowest BCUT2D eigenvalue weighted by molar-refractivity contribution is 0.0890. The summed E-state index contributed by atoms with van der Waals surface area (Å²) in [5, 5.41) is 4.03. The van der Waals surface area contributed by atoms with Crippen molar-refractivity contribution in [1.82, 2.24) is 10.3 Å². The van der Waals surface area contributed by atoms with Crippen molar-refractivity contribution in [3.63, 3.8) is 0 Å². The zero-order valence-electron chi connectivity index (χ0n) is 12.9. The van der Waals surface area contributed by atoms with Gasteiger partial charge in [0, 0.05) is 10.9 Å². The van der Waals surface area contributed by atoms with Gasteiger partial charge in [0.25, 0.3) is 5.91 Å². The Morgan fingerprint density at radius 3 is 2.43 bits per heavy atom. The number of aromatic nitrogens is 1. The molecule has 4 nitrogen and oxygen atoms in total. The van der Waals surface area contributed by atoms with E-state index in [0.717, 1.165) is 30.2 Å². The average molecular weight is 285 g/mol. The minimum absolute atomic E-state index is 0.0779. The van der Waals surface area contributed by atoms with Gasteiger partial charge < -0.3 is 11.1 Å². The van der Waals surface area contributed by atoms with Crippen LogP contribution in [0.1, 0.15) is 50.4 Å². The maximum atomic E-state index is 12.7. The molecule has 0 bridgehead atoms. The van der Waals surface area contributed by atoms with Crippen LogP contribution in [-0.4, -0.2) is 16.4 Å². The van der Waals surface area contributed by atoms with Crippen molar-refractivity contribution >= 4 is 22.6 Å². The molecular formula is C17H23N3O. The molecule has 1 aromatic heterocycles. The van der Waals surface area contributed by atoms with Crippen molar-refractivity contribution in [2.24, 2.45) is 0 Å². The molecule has 0 atom stereocenters. The molecule has 0 spiro atoms. The third kappa shape index (κ3) is 2.99. The van der Waals surface area contributed by atoms with Crippen molar-refractivity contribution in [1.29, 1.82) is 0 Å². The van der Waals surface area contributed by atoms with Crippen LogP contribution in [0.3, 0.4) is 0 Å². The first-order valence-corrected chi connectivity index (χ1v) is 7.53. The van der Waals surface area contributed by atoms with Gasteiger partial charge in [0.1, 0.15) is 5.82 Å². The Bertz CT molecular complexity index is 639. The molecule has 1 aromatic carbocycles. The quantitative estimate of drug-likeness (QED) is 0.883. The van der Waals surface area contributed by atoms with Crippen molar-refractivity contribution in [3.8, 4) is 0 Å². The van der Waals surface area contributed by atoms with Crippen LogP contribution in [0.4, 0.5) is 5.82 Å². The maximum Gasteiger partial charge on any atom is 0.252 e. The van der Waals surface area contributed by atoms with E-state index in [1.165, 1.54) is 0 Å². The Kier molecular flexibility index (Phi) is 4.46. The summed E-state index contributed by atoms with van der Waals surface area (Å²) in [6.45, 7) is 6.31. The zero-order valence-corrected chi connectivity index (χ0v) is 12.9. The van der Waals surface area contributed by atoms with E-state index in [4.69, 9.17) is 5.73 Å². The molecule has 1 amide bonds. The van der Waals surface area contributed by atoms with Gasteiger partial charge in [-0.3, -0.25) is 4.79 Å². The molecule has 2 aromatic rings. The van der Waals surface area contributed by atoms with Gasteiger partial charge in [-0.1, -0.05) is 39.0 Å². The van der Waals surface area contributed by atoms with Crippen LogP contribution >= 0.6 is 0 Å². The summed E-state index contributed by atoms with van der Waals surface area (Å²) in [4.78, 5) is 17.0. The molecule has 0 unspecified atom stereocenters. The predicted molar refractivity (Wildman–Crippen MR) is 87.2 cm³/mol. The van der Waals surface area contributed by atoms with Gasteiger partial charge in [-0.05, 0) is 31.4 Å². The Morgan fingerprint density at radius 1 is 1.19 bits per heavy atom. The number of nitrogen functional groups attached to an aromatic ring is 1. The van der Waals surface area contributed by atoms with Gasteiger partial charge in [0.05, 0.1) is 11.1 Å². The molecule has 1 heterocycles. The number of fused-ring (bicyclic) bond motifs is 1. The van der Waals surface area contributed by atoms with Gasteiger partial charge in [0.2, 0.25) is 0 Å². The smallest absolute Gasteiger partial charge is 0.252 e. The van der Waals surface area contributed by atoms with Gasteiger partial charge in [-0.25, -0.2) is 4.98 Å². The summed E-state index contributed by atoms with van der Waals surface area (Å²) < 4.78 is 0. The summed E-state index contributed by atoms with van der Waals surface area (Å²) in [5.41, 5.74) is 7.02. The maximum absolute atomic E-state index is 12.7. The SMILES string of the molecule is CCC(CC)(CC)NC(=O)c1cc(N)nc2ccccc12. The fourth-order valence-corrected chi connectivity index (χ4v) is 2.71.